The Hall–Kier alpha value is -0.820. The van der Waals surface area contributed by atoms with Gasteiger partial charge in [-0.2, -0.15) is 0 Å². The topological polar surface area (TPSA) is 3.24 Å². The first-order chi connectivity index (χ1) is 6.86. The summed E-state index contributed by atoms with van der Waals surface area (Å²) >= 11 is 0. The lowest BCUT2D eigenvalue weighted by Gasteiger charge is -2.02. The number of hydrogen-bond acceptors (Lipinski definition) is 1. The van der Waals surface area contributed by atoms with Gasteiger partial charge in [-0.25, -0.2) is 0 Å². The van der Waals surface area contributed by atoms with Crippen molar-refractivity contribution in [2.75, 3.05) is 7.05 Å². The van der Waals surface area contributed by atoms with Crippen LogP contribution in [0.4, 0.5) is 0 Å². The molecule has 0 bridgehead atoms. The number of hydrogen-bond donors (Lipinski definition) is 0. The molecule has 0 radical (unpaired) electrons. The summed E-state index contributed by atoms with van der Waals surface area (Å²) in [6.45, 7) is 10.2. The van der Waals surface area contributed by atoms with Gasteiger partial charge in [0.2, 0.25) is 0 Å². The highest BCUT2D eigenvalue weighted by atomic mass is 15.1. The van der Waals surface area contributed by atoms with Gasteiger partial charge in [-0.3, -0.25) is 4.90 Å². The second-order valence-corrected chi connectivity index (χ2v) is 2.94. The lowest BCUT2D eigenvalue weighted by Crippen LogP contribution is -2.07. The maximum absolute atomic E-state index is 2.32. The van der Waals surface area contributed by atoms with Crippen LogP contribution in [0.15, 0.2) is 24.3 Å². The molecule has 0 aromatic heterocycles. The molecule has 0 unspecified atom stereocenters. The van der Waals surface area contributed by atoms with Gasteiger partial charge in [0, 0.05) is 13.1 Å². The van der Waals surface area contributed by atoms with Crippen molar-refractivity contribution in [3.05, 3.63) is 35.4 Å². The minimum absolute atomic E-state index is 1.12. The number of benzene rings is 1. The molecule has 1 heteroatoms. The van der Waals surface area contributed by atoms with Crippen LogP contribution in [0.25, 0.3) is 0 Å². The van der Waals surface area contributed by atoms with Crippen LogP contribution in [-0.4, -0.2) is 11.9 Å². The summed E-state index contributed by atoms with van der Waals surface area (Å²) in [7, 11) is 2.15. The Balaban J connectivity index is 0.000000379. The molecule has 1 aliphatic heterocycles. The van der Waals surface area contributed by atoms with Gasteiger partial charge in [-0.1, -0.05) is 52.0 Å². The van der Waals surface area contributed by atoms with Gasteiger partial charge in [0.1, 0.15) is 0 Å². The fraction of sp³-hybridized carbons (Fsp3) is 0.538. The summed E-state index contributed by atoms with van der Waals surface area (Å²) in [5.74, 6) is 0. The van der Waals surface area contributed by atoms with Gasteiger partial charge in [0.05, 0.1) is 0 Å². The molecule has 14 heavy (non-hydrogen) atoms. The van der Waals surface area contributed by atoms with Crippen LogP contribution in [0.5, 0.6) is 0 Å². The highest BCUT2D eigenvalue weighted by molar-refractivity contribution is 5.29. The van der Waals surface area contributed by atoms with E-state index in [1.165, 1.54) is 11.1 Å². The van der Waals surface area contributed by atoms with E-state index in [1.807, 2.05) is 27.7 Å². The van der Waals surface area contributed by atoms with Gasteiger partial charge < -0.3 is 0 Å². The van der Waals surface area contributed by atoms with Gasteiger partial charge in [0.15, 0.2) is 0 Å². The Morgan fingerprint density at radius 3 is 1.57 bits per heavy atom. The maximum Gasteiger partial charge on any atom is 0.0237 e. The summed E-state index contributed by atoms with van der Waals surface area (Å²) in [5, 5.41) is 0. The van der Waals surface area contributed by atoms with Crippen LogP contribution >= 0.6 is 0 Å². The predicted octanol–water partition coefficient (Wildman–Crippen LogP) is 3.68. The molecular formula is C13H23N. The Morgan fingerprint density at radius 2 is 1.21 bits per heavy atom. The first-order valence-electron chi connectivity index (χ1n) is 5.61. The van der Waals surface area contributed by atoms with Crippen LogP contribution in [0.1, 0.15) is 38.8 Å². The summed E-state index contributed by atoms with van der Waals surface area (Å²) in [5.41, 5.74) is 2.98. The Kier molecular flexibility index (Phi) is 7.13. The smallest absolute Gasteiger partial charge is 0.0237 e. The normalized spacial score (nSPS) is 13.2. The average molecular weight is 193 g/mol. The van der Waals surface area contributed by atoms with E-state index in [-0.39, 0.29) is 0 Å². The zero-order valence-electron chi connectivity index (χ0n) is 10.2. The molecule has 1 aromatic rings. The Labute approximate surface area is 88.8 Å². The molecule has 0 fully saturated rings. The third-order valence-corrected chi connectivity index (χ3v) is 2.00. The fourth-order valence-corrected chi connectivity index (χ4v) is 1.50. The van der Waals surface area contributed by atoms with Gasteiger partial charge in [-0.05, 0) is 18.2 Å². The van der Waals surface area contributed by atoms with Crippen molar-refractivity contribution >= 4 is 0 Å². The van der Waals surface area contributed by atoms with Crippen LogP contribution < -0.4 is 0 Å². The quantitative estimate of drug-likeness (QED) is 0.607. The van der Waals surface area contributed by atoms with Crippen LogP contribution in [0, 0.1) is 0 Å². The van der Waals surface area contributed by atoms with Crippen molar-refractivity contribution in [1.82, 2.24) is 4.90 Å². The van der Waals surface area contributed by atoms with E-state index in [9.17, 15) is 0 Å². The van der Waals surface area contributed by atoms with Crippen molar-refractivity contribution in [1.29, 1.82) is 0 Å². The summed E-state index contributed by atoms with van der Waals surface area (Å²) in [6.07, 6.45) is 0. The van der Waals surface area contributed by atoms with E-state index in [2.05, 4.69) is 36.2 Å². The zero-order chi connectivity index (χ0) is 11.0. The standard InChI is InChI=1S/C9H11N.2C2H6/c1-10-6-8-4-2-3-5-9(8)7-10;2*1-2/h2-5H,6-7H2,1H3;2*1-2H3. The minimum Gasteiger partial charge on any atom is -0.298 e. The first kappa shape index (κ1) is 13.2. The minimum atomic E-state index is 1.12. The third kappa shape index (κ3) is 3.51. The molecule has 1 aliphatic rings. The molecule has 0 amide bonds. The maximum atomic E-state index is 2.32. The monoisotopic (exact) mass is 193 g/mol. The van der Waals surface area contributed by atoms with E-state index in [4.69, 9.17) is 0 Å². The molecule has 0 atom stereocenters. The van der Waals surface area contributed by atoms with E-state index < -0.39 is 0 Å². The molecule has 0 saturated heterocycles. The second-order valence-electron chi connectivity index (χ2n) is 2.94. The van der Waals surface area contributed by atoms with Crippen molar-refractivity contribution in [3.63, 3.8) is 0 Å². The highest BCUT2D eigenvalue weighted by Gasteiger charge is 2.12. The molecule has 2 rings (SSSR count). The first-order valence-corrected chi connectivity index (χ1v) is 5.61. The molecule has 1 heterocycles. The van der Waals surface area contributed by atoms with Crippen LogP contribution in [-0.2, 0) is 13.1 Å². The molecule has 1 aromatic carbocycles. The molecule has 0 N–H and O–H groups in total. The second kappa shape index (κ2) is 7.57. The number of rotatable bonds is 0. The van der Waals surface area contributed by atoms with Crippen molar-refractivity contribution in [2.45, 2.75) is 40.8 Å². The summed E-state index contributed by atoms with van der Waals surface area (Å²) < 4.78 is 0. The molecule has 1 nitrogen and oxygen atoms in total. The van der Waals surface area contributed by atoms with Crippen molar-refractivity contribution in [2.24, 2.45) is 0 Å². The average Bonchev–Trinajstić information content (AvgIpc) is 2.64. The summed E-state index contributed by atoms with van der Waals surface area (Å²) in [6, 6.07) is 8.63. The van der Waals surface area contributed by atoms with Crippen molar-refractivity contribution in [3.8, 4) is 0 Å². The Morgan fingerprint density at radius 1 is 0.857 bits per heavy atom. The molecule has 0 spiro atoms. The Bertz CT molecular complexity index is 218. The van der Waals surface area contributed by atoms with Crippen LogP contribution in [0.2, 0.25) is 0 Å². The highest BCUT2D eigenvalue weighted by Crippen LogP contribution is 2.19. The van der Waals surface area contributed by atoms with Gasteiger partial charge >= 0.3 is 0 Å². The molecular weight excluding hydrogens is 170 g/mol. The third-order valence-electron chi connectivity index (χ3n) is 2.00. The predicted molar refractivity (Wildman–Crippen MR) is 64.3 cm³/mol. The lowest BCUT2D eigenvalue weighted by molar-refractivity contribution is 0.353. The molecule has 0 saturated carbocycles. The zero-order valence-corrected chi connectivity index (χ0v) is 10.2. The van der Waals surface area contributed by atoms with E-state index in [1.54, 1.807) is 0 Å². The van der Waals surface area contributed by atoms with E-state index in [0.29, 0.717) is 0 Å². The largest absolute Gasteiger partial charge is 0.298 e. The van der Waals surface area contributed by atoms with Gasteiger partial charge in [-0.15, -0.1) is 0 Å². The van der Waals surface area contributed by atoms with E-state index in [0.717, 1.165) is 13.1 Å². The lowest BCUT2D eigenvalue weighted by atomic mass is 10.1. The number of fused-ring (bicyclic) bond motifs is 1. The van der Waals surface area contributed by atoms with Crippen LogP contribution in [0.3, 0.4) is 0 Å². The van der Waals surface area contributed by atoms with E-state index >= 15 is 0 Å². The number of nitrogens with zero attached hydrogens (tertiary/aromatic N) is 1. The molecule has 0 aliphatic carbocycles. The summed E-state index contributed by atoms with van der Waals surface area (Å²) in [4.78, 5) is 2.32. The van der Waals surface area contributed by atoms with Crippen molar-refractivity contribution < 1.29 is 0 Å². The van der Waals surface area contributed by atoms with Gasteiger partial charge in [0.25, 0.3) is 0 Å². The molecule has 80 valence electrons. The fourth-order valence-electron chi connectivity index (χ4n) is 1.50. The SMILES string of the molecule is CC.CC.CN1Cc2ccccc2C1.